The van der Waals surface area contributed by atoms with E-state index in [1.54, 1.807) is 0 Å². The normalized spacial score (nSPS) is 16.3. The topological polar surface area (TPSA) is 72.8 Å². The van der Waals surface area contributed by atoms with Crippen molar-refractivity contribution < 1.29 is 15.0 Å². The highest BCUT2D eigenvalue weighted by Crippen LogP contribution is 2.23. The number of piperidine rings is 1. The van der Waals surface area contributed by atoms with Crippen LogP contribution < -0.4 is 5.32 Å². The number of amides is 1. The van der Waals surface area contributed by atoms with Crippen molar-refractivity contribution in [2.75, 3.05) is 19.6 Å². The maximum Gasteiger partial charge on any atom is 0.254 e. The molecule has 1 fully saturated rings. The number of carbonyl (C=O) groups excluding carboxylic acids is 1. The summed E-state index contributed by atoms with van der Waals surface area (Å²) in [6, 6.07) is 4.23. The van der Waals surface area contributed by atoms with E-state index in [2.05, 4.69) is 5.32 Å². The van der Waals surface area contributed by atoms with Crippen LogP contribution in [0, 0.1) is 0 Å². The molecule has 1 aliphatic heterocycles. The van der Waals surface area contributed by atoms with Crippen LogP contribution in [0.5, 0.6) is 11.5 Å². The van der Waals surface area contributed by atoms with Crippen molar-refractivity contribution in [2.24, 2.45) is 0 Å². The molecule has 104 valence electrons. The third-order valence-electron chi connectivity index (χ3n) is 3.50. The minimum atomic E-state index is -0.138. The number of nitrogens with zero attached hydrogens (tertiary/aromatic N) is 1. The maximum absolute atomic E-state index is 12.5. The molecule has 19 heavy (non-hydrogen) atoms. The molecule has 1 saturated heterocycles. The number of carbonyl (C=O) groups is 1. The Morgan fingerprint density at radius 1 is 1.26 bits per heavy atom. The fourth-order valence-electron chi connectivity index (χ4n) is 2.57. The van der Waals surface area contributed by atoms with Gasteiger partial charge < -0.3 is 20.4 Å². The van der Waals surface area contributed by atoms with E-state index in [0.29, 0.717) is 12.1 Å². The predicted molar refractivity (Wildman–Crippen MR) is 72.4 cm³/mol. The molecule has 5 heteroatoms. The quantitative estimate of drug-likeness (QED) is 0.769. The van der Waals surface area contributed by atoms with Crippen molar-refractivity contribution in [2.45, 2.75) is 25.8 Å². The first-order valence-corrected chi connectivity index (χ1v) is 6.66. The van der Waals surface area contributed by atoms with Gasteiger partial charge >= 0.3 is 0 Å². The van der Waals surface area contributed by atoms with Crippen molar-refractivity contribution in [1.29, 1.82) is 0 Å². The Bertz CT molecular complexity index is 436. The molecule has 1 amide bonds. The Morgan fingerprint density at radius 3 is 2.37 bits per heavy atom. The van der Waals surface area contributed by atoms with Crippen molar-refractivity contribution in [3.05, 3.63) is 23.8 Å². The summed E-state index contributed by atoms with van der Waals surface area (Å²) in [6.07, 6.45) is 1.87. The minimum Gasteiger partial charge on any atom is -0.508 e. The van der Waals surface area contributed by atoms with Crippen LogP contribution in [0.15, 0.2) is 18.2 Å². The molecule has 1 aliphatic rings. The molecular formula is C14H20N2O3. The standard InChI is InChI=1S/C14H20N2O3/c1-2-16(11-3-5-15-6-4-11)14(19)10-7-12(17)9-13(18)8-10/h7-9,11,15,17-18H,2-6H2,1H3. The van der Waals surface area contributed by atoms with Gasteiger partial charge in [0, 0.05) is 24.2 Å². The second-order valence-electron chi connectivity index (χ2n) is 4.81. The van der Waals surface area contributed by atoms with E-state index in [1.807, 2.05) is 11.8 Å². The third-order valence-corrected chi connectivity index (χ3v) is 3.50. The van der Waals surface area contributed by atoms with Gasteiger partial charge in [0.25, 0.3) is 5.91 Å². The molecule has 3 N–H and O–H groups in total. The van der Waals surface area contributed by atoms with Gasteiger partial charge in [0.1, 0.15) is 11.5 Å². The monoisotopic (exact) mass is 264 g/mol. The van der Waals surface area contributed by atoms with Gasteiger partial charge in [-0.2, -0.15) is 0 Å². The highest BCUT2D eigenvalue weighted by Gasteiger charge is 2.25. The maximum atomic E-state index is 12.5. The van der Waals surface area contributed by atoms with Crippen molar-refractivity contribution >= 4 is 5.91 Å². The van der Waals surface area contributed by atoms with E-state index in [0.717, 1.165) is 25.9 Å². The lowest BCUT2D eigenvalue weighted by atomic mass is 10.0. The minimum absolute atomic E-state index is 0.0929. The smallest absolute Gasteiger partial charge is 0.254 e. The number of hydrogen-bond donors (Lipinski definition) is 3. The van der Waals surface area contributed by atoms with Crippen LogP contribution in [-0.2, 0) is 0 Å². The zero-order valence-corrected chi connectivity index (χ0v) is 11.1. The van der Waals surface area contributed by atoms with Crippen LogP contribution in [0.4, 0.5) is 0 Å². The molecule has 0 aromatic heterocycles. The summed E-state index contributed by atoms with van der Waals surface area (Å²) in [5.41, 5.74) is 0.331. The summed E-state index contributed by atoms with van der Waals surface area (Å²) >= 11 is 0. The Morgan fingerprint density at radius 2 is 1.84 bits per heavy atom. The Balaban J connectivity index is 2.19. The number of phenols is 2. The summed E-state index contributed by atoms with van der Waals surface area (Å²) in [6.45, 7) is 4.40. The fourth-order valence-corrected chi connectivity index (χ4v) is 2.57. The van der Waals surface area contributed by atoms with E-state index in [4.69, 9.17) is 0 Å². The molecule has 0 saturated carbocycles. The van der Waals surface area contributed by atoms with Gasteiger partial charge in [-0.3, -0.25) is 4.79 Å². The molecule has 0 bridgehead atoms. The predicted octanol–water partition coefficient (Wildman–Crippen LogP) is 1.31. The highest BCUT2D eigenvalue weighted by molar-refractivity contribution is 5.95. The molecule has 1 heterocycles. The zero-order valence-electron chi connectivity index (χ0n) is 11.1. The summed E-state index contributed by atoms with van der Waals surface area (Å²) < 4.78 is 0. The Hall–Kier alpha value is -1.75. The van der Waals surface area contributed by atoms with Crippen LogP contribution in [0.1, 0.15) is 30.1 Å². The molecule has 5 nitrogen and oxygen atoms in total. The largest absolute Gasteiger partial charge is 0.508 e. The van der Waals surface area contributed by atoms with Gasteiger partial charge in [0.2, 0.25) is 0 Å². The van der Waals surface area contributed by atoms with Gasteiger partial charge in [0.05, 0.1) is 0 Å². The average Bonchev–Trinajstić information content (AvgIpc) is 2.39. The van der Waals surface area contributed by atoms with E-state index in [1.165, 1.54) is 18.2 Å². The van der Waals surface area contributed by atoms with Crippen molar-refractivity contribution in [3.8, 4) is 11.5 Å². The summed E-state index contributed by atoms with van der Waals surface area (Å²) in [4.78, 5) is 14.3. The fraction of sp³-hybridized carbons (Fsp3) is 0.500. The SMILES string of the molecule is CCN(C(=O)c1cc(O)cc(O)c1)C1CCNCC1. The first-order valence-electron chi connectivity index (χ1n) is 6.66. The molecular weight excluding hydrogens is 244 g/mol. The lowest BCUT2D eigenvalue weighted by Crippen LogP contribution is -2.46. The van der Waals surface area contributed by atoms with Crippen molar-refractivity contribution in [1.82, 2.24) is 10.2 Å². The summed E-state index contributed by atoms with van der Waals surface area (Å²) in [7, 11) is 0. The molecule has 0 radical (unpaired) electrons. The van der Waals surface area contributed by atoms with Gasteiger partial charge in [-0.15, -0.1) is 0 Å². The van der Waals surface area contributed by atoms with Gasteiger partial charge in [-0.05, 0) is 45.0 Å². The number of nitrogens with one attached hydrogen (secondary N) is 1. The second-order valence-corrected chi connectivity index (χ2v) is 4.81. The van der Waals surface area contributed by atoms with Crippen LogP contribution in [-0.4, -0.2) is 46.7 Å². The van der Waals surface area contributed by atoms with Crippen LogP contribution in [0.2, 0.25) is 0 Å². The number of phenolic OH excluding ortho intramolecular Hbond substituents is 2. The Kier molecular flexibility index (Phi) is 4.27. The highest BCUT2D eigenvalue weighted by atomic mass is 16.3. The average molecular weight is 264 g/mol. The molecule has 1 aromatic rings. The molecule has 0 atom stereocenters. The third kappa shape index (κ3) is 3.17. The lowest BCUT2D eigenvalue weighted by Gasteiger charge is -2.34. The second kappa shape index (κ2) is 5.93. The first-order chi connectivity index (χ1) is 9.11. The van der Waals surface area contributed by atoms with Crippen LogP contribution in [0.25, 0.3) is 0 Å². The Labute approximate surface area is 112 Å². The molecule has 0 spiro atoms. The van der Waals surface area contributed by atoms with Gasteiger partial charge in [0.15, 0.2) is 0 Å². The summed E-state index contributed by atoms with van der Waals surface area (Å²) in [5, 5.41) is 22.2. The number of benzene rings is 1. The van der Waals surface area contributed by atoms with Crippen LogP contribution in [0.3, 0.4) is 0 Å². The number of rotatable bonds is 3. The van der Waals surface area contributed by atoms with E-state index in [9.17, 15) is 15.0 Å². The molecule has 1 aromatic carbocycles. The van der Waals surface area contributed by atoms with Crippen molar-refractivity contribution in [3.63, 3.8) is 0 Å². The number of aromatic hydroxyl groups is 2. The van der Waals surface area contributed by atoms with Gasteiger partial charge in [-0.25, -0.2) is 0 Å². The van der Waals surface area contributed by atoms with E-state index < -0.39 is 0 Å². The molecule has 0 aliphatic carbocycles. The van der Waals surface area contributed by atoms with E-state index >= 15 is 0 Å². The van der Waals surface area contributed by atoms with Crippen LogP contribution >= 0.6 is 0 Å². The number of hydrogen-bond acceptors (Lipinski definition) is 4. The summed E-state index contributed by atoms with van der Waals surface area (Å²) in [5.74, 6) is -0.324. The molecule has 2 rings (SSSR count). The van der Waals surface area contributed by atoms with E-state index in [-0.39, 0.29) is 23.4 Å². The van der Waals surface area contributed by atoms with Gasteiger partial charge in [-0.1, -0.05) is 0 Å². The lowest BCUT2D eigenvalue weighted by molar-refractivity contribution is 0.0655. The molecule has 0 unspecified atom stereocenters. The first kappa shape index (κ1) is 13.7. The zero-order chi connectivity index (χ0) is 13.8.